The maximum absolute atomic E-state index is 13.1. The van der Waals surface area contributed by atoms with E-state index in [0.717, 1.165) is 16.0 Å². The zero-order chi connectivity index (χ0) is 13.9. The minimum atomic E-state index is -0.270. The molecule has 0 bridgehead atoms. The SMILES string of the molecule is CCOc1ccc(Oc2nc3ccc(F)cc3s2)cc1. The normalized spacial score (nSPS) is 10.7. The topological polar surface area (TPSA) is 31.4 Å². The second-order valence-corrected chi connectivity index (χ2v) is 5.09. The van der Waals surface area contributed by atoms with Crippen molar-refractivity contribution in [1.82, 2.24) is 4.98 Å². The fraction of sp³-hybridized carbons (Fsp3) is 0.133. The molecule has 5 heteroatoms. The van der Waals surface area contributed by atoms with Crippen LogP contribution in [0.1, 0.15) is 6.92 Å². The standard InChI is InChI=1S/C15H12FNO2S/c1-2-18-11-4-6-12(7-5-11)19-15-17-13-8-3-10(16)9-14(13)20-15/h3-9H,2H2,1H3. The van der Waals surface area contributed by atoms with Crippen LogP contribution in [0.4, 0.5) is 4.39 Å². The molecule has 3 aromatic rings. The smallest absolute Gasteiger partial charge is 0.279 e. The van der Waals surface area contributed by atoms with Gasteiger partial charge < -0.3 is 9.47 Å². The van der Waals surface area contributed by atoms with Gasteiger partial charge in [-0.1, -0.05) is 11.3 Å². The van der Waals surface area contributed by atoms with Gasteiger partial charge in [0.05, 0.1) is 16.8 Å². The van der Waals surface area contributed by atoms with E-state index >= 15 is 0 Å². The first-order valence-corrected chi connectivity index (χ1v) is 7.03. The monoisotopic (exact) mass is 289 g/mol. The molecule has 0 radical (unpaired) electrons. The van der Waals surface area contributed by atoms with Gasteiger partial charge in [-0.15, -0.1) is 0 Å². The molecule has 0 amide bonds. The first-order chi connectivity index (χ1) is 9.74. The minimum Gasteiger partial charge on any atom is -0.494 e. The first kappa shape index (κ1) is 12.9. The fourth-order valence-electron chi connectivity index (χ4n) is 1.79. The molecule has 3 rings (SSSR count). The molecule has 0 atom stereocenters. The van der Waals surface area contributed by atoms with Gasteiger partial charge in [-0.05, 0) is 49.4 Å². The average molecular weight is 289 g/mol. The van der Waals surface area contributed by atoms with Crippen molar-refractivity contribution in [2.75, 3.05) is 6.61 Å². The molecule has 1 heterocycles. The van der Waals surface area contributed by atoms with Crippen LogP contribution in [0, 0.1) is 5.82 Å². The van der Waals surface area contributed by atoms with Crippen molar-refractivity contribution in [2.45, 2.75) is 6.92 Å². The van der Waals surface area contributed by atoms with Crippen LogP contribution >= 0.6 is 11.3 Å². The Labute approximate surface area is 119 Å². The second-order valence-electron chi connectivity index (χ2n) is 4.10. The molecule has 2 aromatic carbocycles. The summed E-state index contributed by atoms with van der Waals surface area (Å²) in [5, 5.41) is 0.495. The van der Waals surface area contributed by atoms with Gasteiger partial charge in [0.15, 0.2) is 0 Å². The van der Waals surface area contributed by atoms with Crippen molar-refractivity contribution in [3.63, 3.8) is 0 Å². The molecule has 0 aliphatic rings. The Morgan fingerprint density at radius 3 is 2.60 bits per heavy atom. The van der Waals surface area contributed by atoms with Gasteiger partial charge in [0.1, 0.15) is 17.3 Å². The number of halogens is 1. The lowest BCUT2D eigenvalue weighted by atomic mass is 10.3. The highest BCUT2D eigenvalue weighted by molar-refractivity contribution is 7.20. The number of ether oxygens (including phenoxy) is 2. The lowest BCUT2D eigenvalue weighted by Crippen LogP contribution is -1.90. The predicted octanol–water partition coefficient (Wildman–Crippen LogP) is 4.63. The van der Waals surface area contributed by atoms with E-state index in [1.165, 1.54) is 23.5 Å². The van der Waals surface area contributed by atoms with Gasteiger partial charge in [0.2, 0.25) is 0 Å². The molecule has 0 spiro atoms. The van der Waals surface area contributed by atoms with Gasteiger partial charge in [0.25, 0.3) is 5.19 Å². The highest BCUT2D eigenvalue weighted by Gasteiger charge is 2.07. The molecule has 0 aliphatic heterocycles. The molecule has 102 valence electrons. The summed E-state index contributed by atoms with van der Waals surface area (Å²) in [5.74, 6) is 1.20. The van der Waals surface area contributed by atoms with Crippen LogP contribution in [0.15, 0.2) is 42.5 Å². The Bertz CT molecular complexity index is 724. The molecule has 0 saturated heterocycles. The van der Waals surface area contributed by atoms with E-state index in [9.17, 15) is 4.39 Å². The highest BCUT2D eigenvalue weighted by Crippen LogP contribution is 2.32. The van der Waals surface area contributed by atoms with Crippen LogP contribution in [0.5, 0.6) is 16.7 Å². The summed E-state index contributed by atoms with van der Waals surface area (Å²) in [6, 6.07) is 11.8. The second kappa shape index (κ2) is 5.46. The molecular weight excluding hydrogens is 277 g/mol. The van der Waals surface area contributed by atoms with Crippen molar-refractivity contribution >= 4 is 21.6 Å². The van der Waals surface area contributed by atoms with E-state index in [0.29, 0.717) is 17.6 Å². The molecule has 20 heavy (non-hydrogen) atoms. The molecule has 0 saturated carbocycles. The molecule has 0 aliphatic carbocycles. The lowest BCUT2D eigenvalue weighted by Gasteiger charge is -2.04. The van der Waals surface area contributed by atoms with Crippen LogP contribution in [0.2, 0.25) is 0 Å². The third kappa shape index (κ3) is 2.72. The minimum absolute atomic E-state index is 0.270. The molecule has 1 aromatic heterocycles. The fourth-order valence-corrected chi connectivity index (χ4v) is 2.65. The quantitative estimate of drug-likeness (QED) is 0.702. The van der Waals surface area contributed by atoms with E-state index < -0.39 is 0 Å². The summed E-state index contributed by atoms with van der Waals surface area (Å²) in [5.41, 5.74) is 0.734. The number of hydrogen-bond donors (Lipinski definition) is 0. The van der Waals surface area contributed by atoms with Gasteiger partial charge in [-0.2, -0.15) is 0 Å². The van der Waals surface area contributed by atoms with Gasteiger partial charge >= 0.3 is 0 Å². The van der Waals surface area contributed by atoms with Crippen molar-refractivity contribution in [1.29, 1.82) is 0 Å². The summed E-state index contributed by atoms with van der Waals surface area (Å²) < 4.78 is 24.9. The number of hydrogen-bond acceptors (Lipinski definition) is 4. The maximum Gasteiger partial charge on any atom is 0.279 e. The number of nitrogens with zero attached hydrogens (tertiary/aromatic N) is 1. The van der Waals surface area contributed by atoms with Crippen LogP contribution in [0.3, 0.4) is 0 Å². The van der Waals surface area contributed by atoms with E-state index in [4.69, 9.17) is 9.47 Å². The average Bonchev–Trinajstić information content (AvgIpc) is 2.82. The van der Waals surface area contributed by atoms with Crippen LogP contribution < -0.4 is 9.47 Å². The van der Waals surface area contributed by atoms with E-state index in [1.807, 2.05) is 31.2 Å². The number of fused-ring (bicyclic) bond motifs is 1. The highest BCUT2D eigenvalue weighted by atomic mass is 32.1. The van der Waals surface area contributed by atoms with Crippen LogP contribution in [-0.2, 0) is 0 Å². The number of aromatic nitrogens is 1. The van der Waals surface area contributed by atoms with Gasteiger partial charge in [-0.3, -0.25) is 0 Å². The maximum atomic E-state index is 13.1. The summed E-state index contributed by atoms with van der Waals surface area (Å²) in [6.07, 6.45) is 0. The molecular formula is C15H12FNO2S. The Balaban J connectivity index is 1.81. The van der Waals surface area contributed by atoms with Gasteiger partial charge in [-0.25, -0.2) is 9.37 Å². The van der Waals surface area contributed by atoms with Crippen molar-refractivity contribution in [2.24, 2.45) is 0 Å². The van der Waals surface area contributed by atoms with Crippen LogP contribution in [0.25, 0.3) is 10.2 Å². The zero-order valence-electron chi connectivity index (χ0n) is 10.8. The summed E-state index contributed by atoms with van der Waals surface area (Å²) in [6.45, 7) is 2.56. The van der Waals surface area contributed by atoms with E-state index in [2.05, 4.69) is 4.98 Å². The molecule has 0 unspecified atom stereocenters. The third-order valence-corrected chi connectivity index (χ3v) is 3.57. The Morgan fingerprint density at radius 1 is 1.10 bits per heavy atom. The van der Waals surface area contributed by atoms with Crippen molar-refractivity contribution in [3.05, 3.63) is 48.3 Å². The number of thiazole rings is 1. The first-order valence-electron chi connectivity index (χ1n) is 6.21. The number of rotatable bonds is 4. The Kier molecular flexibility index (Phi) is 3.52. The van der Waals surface area contributed by atoms with Crippen molar-refractivity contribution < 1.29 is 13.9 Å². The van der Waals surface area contributed by atoms with E-state index in [-0.39, 0.29) is 5.82 Å². The largest absolute Gasteiger partial charge is 0.494 e. The summed E-state index contributed by atoms with van der Waals surface area (Å²) in [4.78, 5) is 4.31. The lowest BCUT2D eigenvalue weighted by molar-refractivity contribution is 0.339. The predicted molar refractivity (Wildman–Crippen MR) is 77.3 cm³/mol. The zero-order valence-corrected chi connectivity index (χ0v) is 11.6. The summed E-state index contributed by atoms with van der Waals surface area (Å²) in [7, 11) is 0. The Hall–Kier alpha value is -2.14. The molecule has 0 N–H and O–H groups in total. The summed E-state index contributed by atoms with van der Waals surface area (Å²) >= 11 is 1.32. The van der Waals surface area contributed by atoms with Crippen molar-refractivity contribution in [3.8, 4) is 16.7 Å². The van der Waals surface area contributed by atoms with E-state index in [1.54, 1.807) is 6.07 Å². The van der Waals surface area contributed by atoms with Gasteiger partial charge in [0, 0.05) is 0 Å². The Morgan fingerprint density at radius 2 is 1.85 bits per heavy atom. The third-order valence-electron chi connectivity index (χ3n) is 2.67. The molecule has 0 fully saturated rings. The molecule has 3 nitrogen and oxygen atoms in total. The number of benzene rings is 2. The van der Waals surface area contributed by atoms with Crippen LogP contribution in [-0.4, -0.2) is 11.6 Å².